The highest BCUT2D eigenvalue weighted by molar-refractivity contribution is 7.46. The van der Waals surface area contributed by atoms with Crippen LogP contribution < -0.4 is 6.15 Å². The molecule has 0 saturated carbocycles. The van der Waals surface area contributed by atoms with Crippen LogP contribution in [0.4, 0.5) is 0 Å². The molecular formula is C5H16NO6P. The van der Waals surface area contributed by atoms with E-state index < -0.39 is 20.7 Å². The first kappa shape index (κ1) is 15.5. The molecule has 0 radical (unpaired) electrons. The molecule has 0 spiro atoms. The molecule has 0 aromatic heterocycles. The Hall–Kier alpha value is -0.0100. The number of phosphoric ester groups is 1. The molecule has 0 saturated heterocycles. The molecule has 0 heterocycles. The Labute approximate surface area is 76.5 Å². The maximum absolute atomic E-state index is 10.1. The Kier molecular flexibility index (Phi) is 8.80. The second-order valence-electron chi connectivity index (χ2n) is 2.11. The van der Waals surface area contributed by atoms with Crippen LogP contribution in [0.1, 0.15) is 13.3 Å². The molecule has 0 aromatic rings. The number of aliphatic hydroxyl groups excluding tert-OH is 1. The minimum absolute atomic E-state index is 0. The number of phosphoric acid groups is 1. The van der Waals surface area contributed by atoms with E-state index in [0.29, 0.717) is 13.0 Å². The van der Waals surface area contributed by atoms with Crippen LogP contribution in [-0.4, -0.2) is 34.4 Å². The third-order valence-electron chi connectivity index (χ3n) is 0.900. The van der Waals surface area contributed by atoms with Crippen molar-refractivity contribution < 1.29 is 28.7 Å². The van der Waals surface area contributed by atoms with E-state index in [1.807, 2.05) is 6.92 Å². The molecule has 0 aliphatic rings. The van der Waals surface area contributed by atoms with Crippen molar-refractivity contribution in [2.45, 2.75) is 19.6 Å². The van der Waals surface area contributed by atoms with Crippen LogP contribution in [-0.2, 0) is 13.8 Å². The van der Waals surface area contributed by atoms with E-state index in [1.54, 1.807) is 0 Å². The van der Waals surface area contributed by atoms with Gasteiger partial charge in [0.05, 0.1) is 0 Å². The van der Waals surface area contributed by atoms with Gasteiger partial charge < -0.3 is 25.8 Å². The average molecular weight is 217 g/mol. The van der Waals surface area contributed by atoms with E-state index in [4.69, 9.17) is 14.9 Å². The summed E-state index contributed by atoms with van der Waals surface area (Å²) in [6.07, 6.45) is -0.565. The van der Waals surface area contributed by atoms with Crippen molar-refractivity contribution >= 4 is 7.82 Å². The van der Waals surface area contributed by atoms with Gasteiger partial charge in [-0.15, -0.1) is 0 Å². The molecule has 1 unspecified atom stereocenters. The van der Waals surface area contributed by atoms with Gasteiger partial charge in [-0.3, -0.25) is 4.52 Å². The standard InChI is InChI=1S/C5H13O6P.H3N/c1-2-3-10-5(6)4-11-12(7,8)9;/h5-6H,2-4H2,1H3,(H2,7,8,9);1H3. The minimum Gasteiger partial charge on any atom is -0.366 e. The van der Waals surface area contributed by atoms with Crippen molar-refractivity contribution in [2.24, 2.45) is 0 Å². The van der Waals surface area contributed by atoms with E-state index in [-0.39, 0.29) is 6.15 Å². The fourth-order valence-electron chi connectivity index (χ4n) is 0.463. The predicted molar refractivity (Wildman–Crippen MR) is 45.3 cm³/mol. The lowest BCUT2D eigenvalue weighted by Gasteiger charge is -2.11. The van der Waals surface area contributed by atoms with Gasteiger partial charge in [0, 0.05) is 6.61 Å². The van der Waals surface area contributed by atoms with Crippen molar-refractivity contribution in [1.29, 1.82) is 0 Å². The molecule has 0 amide bonds. The summed E-state index contributed by atoms with van der Waals surface area (Å²) in [6, 6.07) is 0. The third-order valence-corrected chi connectivity index (χ3v) is 1.39. The highest BCUT2D eigenvalue weighted by Gasteiger charge is 2.16. The van der Waals surface area contributed by atoms with E-state index >= 15 is 0 Å². The summed E-state index contributed by atoms with van der Waals surface area (Å²) in [5, 5.41) is 8.85. The highest BCUT2D eigenvalue weighted by atomic mass is 31.2. The van der Waals surface area contributed by atoms with Crippen LogP contribution in [0.2, 0.25) is 0 Å². The van der Waals surface area contributed by atoms with Gasteiger partial charge in [0.2, 0.25) is 0 Å². The van der Waals surface area contributed by atoms with Crippen molar-refractivity contribution in [2.75, 3.05) is 13.2 Å². The van der Waals surface area contributed by atoms with E-state index in [0.717, 1.165) is 0 Å². The summed E-state index contributed by atoms with van der Waals surface area (Å²) in [4.78, 5) is 16.4. The van der Waals surface area contributed by atoms with Crippen molar-refractivity contribution in [3.63, 3.8) is 0 Å². The summed E-state index contributed by atoms with van der Waals surface area (Å²) in [7, 11) is -4.49. The zero-order valence-corrected chi connectivity index (χ0v) is 8.31. The van der Waals surface area contributed by atoms with Gasteiger partial charge in [0.25, 0.3) is 0 Å². The first-order valence-corrected chi connectivity index (χ1v) is 4.98. The maximum atomic E-state index is 10.1. The molecule has 0 aliphatic heterocycles. The van der Waals surface area contributed by atoms with Crippen molar-refractivity contribution in [3.05, 3.63) is 0 Å². The first-order valence-electron chi connectivity index (χ1n) is 3.45. The Balaban J connectivity index is 0. The fraction of sp³-hybridized carbons (Fsp3) is 1.00. The van der Waals surface area contributed by atoms with Crippen LogP contribution in [0.25, 0.3) is 0 Å². The lowest BCUT2D eigenvalue weighted by Crippen LogP contribution is -2.18. The molecular weight excluding hydrogens is 201 g/mol. The molecule has 0 aromatic carbocycles. The second kappa shape index (κ2) is 7.40. The maximum Gasteiger partial charge on any atom is 0.469 e. The van der Waals surface area contributed by atoms with Crippen LogP contribution in [0, 0.1) is 0 Å². The lowest BCUT2D eigenvalue weighted by atomic mass is 10.5. The number of hydrogen-bond donors (Lipinski definition) is 4. The summed E-state index contributed by atoms with van der Waals surface area (Å²) in [5.41, 5.74) is 0. The second-order valence-corrected chi connectivity index (χ2v) is 3.35. The molecule has 8 heteroatoms. The number of aliphatic hydroxyl groups is 1. The number of ether oxygens (including phenoxy) is 1. The number of hydrogen-bond acceptors (Lipinski definition) is 5. The lowest BCUT2D eigenvalue weighted by molar-refractivity contribution is -0.122. The largest absolute Gasteiger partial charge is 0.469 e. The van der Waals surface area contributed by atoms with Gasteiger partial charge >= 0.3 is 7.82 Å². The van der Waals surface area contributed by atoms with Gasteiger partial charge in [-0.05, 0) is 6.42 Å². The summed E-state index contributed by atoms with van der Waals surface area (Å²) >= 11 is 0. The monoisotopic (exact) mass is 217 g/mol. The van der Waals surface area contributed by atoms with Crippen LogP contribution in [0.15, 0.2) is 0 Å². The minimum atomic E-state index is -4.49. The smallest absolute Gasteiger partial charge is 0.366 e. The Morgan fingerprint density at radius 3 is 2.38 bits per heavy atom. The van der Waals surface area contributed by atoms with E-state index in [9.17, 15) is 4.57 Å². The summed E-state index contributed by atoms with van der Waals surface area (Å²) in [5.74, 6) is 0. The Morgan fingerprint density at radius 1 is 1.46 bits per heavy atom. The Morgan fingerprint density at radius 2 is 2.00 bits per heavy atom. The van der Waals surface area contributed by atoms with Crippen LogP contribution in [0.3, 0.4) is 0 Å². The molecule has 0 fully saturated rings. The third kappa shape index (κ3) is 12.0. The zero-order chi connectivity index (χ0) is 9.61. The predicted octanol–water partition coefficient (Wildman–Crippen LogP) is 0.00270. The highest BCUT2D eigenvalue weighted by Crippen LogP contribution is 2.35. The van der Waals surface area contributed by atoms with E-state index in [1.165, 1.54) is 0 Å². The Bertz CT molecular complexity index is 159. The van der Waals surface area contributed by atoms with Crippen molar-refractivity contribution in [1.82, 2.24) is 6.15 Å². The molecule has 0 bridgehead atoms. The molecule has 0 aliphatic carbocycles. The van der Waals surface area contributed by atoms with E-state index in [2.05, 4.69) is 9.26 Å². The molecule has 1 atom stereocenters. The summed E-state index contributed by atoms with van der Waals surface area (Å²) in [6.45, 7) is 1.65. The van der Waals surface area contributed by atoms with Gasteiger partial charge in [-0.1, -0.05) is 6.92 Å². The van der Waals surface area contributed by atoms with Gasteiger partial charge in [0.1, 0.15) is 6.61 Å². The molecule has 6 N–H and O–H groups in total. The van der Waals surface area contributed by atoms with Gasteiger partial charge in [-0.2, -0.15) is 0 Å². The quantitative estimate of drug-likeness (QED) is 0.363. The van der Waals surface area contributed by atoms with Crippen LogP contribution in [0.5, 0.6) is 0 Å². The molecule has 82 valence electrons. The number of rotatable bonds is 6. The fourth-order valence-corrected chi connectivity index (χ4v) is 0.785. The van der Waals surface area contributed by atoms with Crippen LogP contribution >= 0.6 is 7.82 Å². The van der Waals surface area contributed by atoms with Crippen molar-refractivity contribution in [3.8, 4) is 0 Å². The SMILES string of the molecule is CCCOC(O)COP(=O)(O)O.N. The molecule has 0 rings (SSSR count). The molecule has 7 nitrogen and oxygen atoms in total. The van der Waals surface area contributed by atoms with Gasteiger partial charge in [0.15, 0.2) is 6.29 Å². The molecule has 13 heavy (non-hydrogen) atoms. The average Bonchev–Trinajstić information content (AvgIpc) is 1.95. The summed E-state index contributed by atoms with van der Waals surface area (Å²) < 4.78 is 18.8. The topological polar surface area (TPSA) is 131 Å². The normalized spacial score (nSPS) is 13.5. The zero-order valence-electron chi connectivity index (χ0n) is 7.42. The first-order chi connectivity index (χ1) is 5.45. The van der Waals surface area contributed by atoms with Gasteiger partial charge in [-0.25, -0.2) is 4.57 Å².